The average molecular weight is 860 g/mol. The van der Waals surface area contributed by atoms with Crippen LogP contribution in [0.25, 0.3) is 66.4 Å². The number of fused-ring (bicyclic) bond motifs is 6. The van der Waals surface area contributed by atoms with E-state index in [4.69, 9.17) is 4.42 Å². The van der Waals surface area contributed by atoms with Gasteiger partial charge in [-0.3, -0.25) is 0 Å². The minimum atomic E-state index is -0.624. The molecular weight excluding hydrogens is 811 g/mol. The normalized spacial score (nSPS) is 12.8. The predicted molar refractivity (Wildman–Crippen MR) is 281 cm³/mol. The Hall–Kier alpha value is -8.20. The molecule has 1 aliphatic carbocycles. The monoisotopic (exact) mass is 859 g/mol. The third-order valence-corrected chi connectivity index (χ3v) is 13.9. The second kappa shape index (κ2) is 16.0. The SMILES string of the molecule is CC(C)(C)c1ccc(-c2ccccc2N(c2cccc(C3(c4cccc(-c5ccccc5)c4)c4ccccc4-c4ccccc43)c2)c2cccc3oc4ccc(-c5ccccc5)cc4c23)cc1. The summed E-state index contributed by atoms with van der Waals surface area (Å²) in [4.78, 5) is 2.48. The minimum absolute atomic E-state index is 0.0369. The number of anilines is 3. The third-order valence-electron chi connectivity index (χ3n) is 13.9. The van der Waals surface area contributed by atoms with Crippen molar-refractivity contribution < 1.29 is 4.42 Å². The second-order valence-corrected chi connectivity index (χ2v) is 18.8. The largest absolute Gasteiger partial charge is 0.456 e. The molecule has 1 aliphatic rings. The average Bonchev–Trinajstić information content (AvgIpc) is 3.91. The number of rotatable bonds is 8. The summed E-state index contributed by atoms with van der Waals surface area (Å²) in [5, 5.41) is 2.15. The molecule has 11 aromatic rings. The van der Waals surface area contributed by atoms with Crippen LogP contribution >= 0.6 is 0 Å². The van der Waals surface area contributed by atoms with Crippen LogP contribution in [0.15, 0.2) is 247 Å². The molecule has 0 N–H and O–H groups in total. The molecule has 0 atom stereocenters. The number of furan rings is 1. The Morgan fingerprint density at radius 3 is 1.57 bits per heavy atom. The van der Waals surface area contributed by atoms with Crippen molar-refractivity contribution in [2.75, 3.05) is 4.90 Å². The van der Waals surface area contributed by atoms with E-state index in [1.54, 1.807) is 0 Å². The summed E-state index contributed by atoms with van der Waals surface area (Å²) in [5.74, 6) is 0. The van der Waals surface area contributed by atoms with Gasteiger partial charge in [0.15, 0.2) is 0 Å². The van der Waals surface area contributed by atoms with Crippen molar-refractivity contribution in [3.8, 4) is 44.5 Å². The van der Waals surface area contributed by atoms with Gasteiger partial charge in [0.05, 0.1) is 22.2 Å². The van der Waals surface area contributed by atoms with E-state index in [1.807, 2.05) is 0 Å². The maximum atomic E-state index is 6.74. The van der Waals surface area contributed by atoms with Gasteiger partial charge in [-0.1, -0.05) is 215 Å². The van der Waals surface area contributed by atoms with Crippen molar-refractivity contribution >= 4 is 39.0 Å². The first-order chi connectivity index (χ1) is 32.9. The Morgan fingerprint density at radius 2 is 0.896 bits per heavy atom. The van der Waals surface area contributed by atoms with Gasteiger partial charge >= 0.3 is 0 Å². The highest BCUT2D eigenvalue weighted by molar-refractivity contribution is 6.14. The van der Waals surface area contributed by atoms with Gasteiger partial charge in [0.2, 0.25) is 0 Å². The van der Waals surface area contributed by atoms with Crippen molar-refractivity contribution in [1.82, 2.24) is 0 Å². The van der Waals surface area contributed by atoms with E-state index in [9.17, 15) is 0 Å². The molecule has 2 heteroatoms. The van der Waals surface area contributed by atoms with Crippen LogP contribution < -0.4 is 4.90 Å². The quantitative estimate of drug-likeness (QED) is 0.151. The molecule has 320 valence electrons. The van der Waals surface area contributed by atoms with Crippen molar-refractivity contribution in [2.45, 2.75) is 31.6 Å². The lowest BCUT2D eigenvalue weighted by molar-refractivity contribution is 0.590. The van der Waals surface area contributed by atoms with Crippen molar-refractivity contribution in [2.24, 2.45) is 0 Å². The lowest BCUT2D eigenvalue weighted by Crippen LogP contribution is -2.29. The molecular formula is C65H49NO. The fraction of sp³-hybridized carbons (Fsp3) is 0.0769. The van der Waals surface area contributed by atoms with Gasteiger partial charge in [0, 0.05) is 16.6 Å². The fourth-order valence-electron chi connectivity index (χ4n) is 10.7. The predicted octanol–water partition coefficient (Wildman–Crippen LogP) is 17.7. The Kier molecular flexibility index (Phi) is 9.66. The summed E-state index contributed by atoms with van der Waals surface area (Å²) in [7, 11) is 0. The van der Waals surface area contributed by atoms with Crippen LogP contribution in [0.1, 0.15) is 48.6 Å². The minimum Gasteiger partial charge on any atom is -0.456 e. The summed E-state index contributed by atoms with van der Waals surface area (Å²) >= 11 is 0. The summed E-state index contributed by atoms with van der Waals surface area (Å²) in [5.41, 5.74) is 20.1. The molecule has 12 rings (SSSR count). The van der Waals surface area contributed by atoms with Crippen LogP contribution in [-0.4, -0.2) is 0 Å². The Balaban J connectivity index is 1.14. The first-order valence-electron chi connectivity index (χ1n) is 23.3. The molecule has 2 nitrogen and oxygen atoms in total. The van der Waals surface area contributed by atoms with E-state index in [-0.39, 0.29) is 5.41 Å². The second-order valence-electron chi connectivity index (χ2n) is 18.8. The molecule has 0 spiro atoms. The number of benzene rings is 10. The summed E-state index contributed by atoms with van der Waals surface area (Å²) < 4.78 is 6.74. The molecule has 0 fully saturated rings. The van der Waals surface area contributed by atoms with E-state index < -0.39 is 5.41 Å². The summed E-state index contributed by atoms with van der Waals surface area (Å²) in [6.45, 7) is 6.82. The fourth-order valence-corrected chi connectivity index (χ4v) is 10.7. The first kappa shape index (κ1) is 40.3. The lowest BCUT2D eigenvalue weighted by Gasteiger charge is -2.36. The van der Waals surface area contributed by atoms with Crippen LogP contribution in [0.4, 0.5) is 17.1 Å². The lowest BCUT2D eigenvalue weighted by atomic mass is 9.67. The van der Waals surface area contributed by atoms with Gasteiger partial charge in [0.25, 0.3) is 0 Å². The molecule has 1 heterocycles. The van der Waals surface area contributed by atoms with Gasteiger partial charge in [0.1, 0.15) is 11.2 Å². The molecule has 0 bridgehead atoms. The van der Waals surface area contributed by atoms with Crippen molar-refractivity contribution in [1.29, 1.82) is 0 Å². The van der Waals surface area contributed by atoms with Crippen molar-refractivity contribution in [3.63, 3.8) is 0 Å². The first-order valence-corrected chi connectivity index (χ1v) is 23.3. The standard InChI is InChI=1S/C65H49NO/c1-64(2,3)49-38-35-46(36-39-49)53-27-12-15-32-59(53)66(60-33-18-34-62-63(60)56-42-48(37-40-61(56)67-62)45-21-8-5-9-22-45)52-26-17-25-51(43-52)65(50-24-16-23-47(41-50)44-19-6-4-7-20-44)57-30-13-10-28-54(57)55-29-11-14-31-58(55)65/h4-43H,1-3H3. The van der Waals surface area contributed by atoms with Crippen LogP contribution in [0, 0.1) is 0 Å². The summed E-state index contributed by atoms with van der Waals surface area (Å²) in [6.07, 6.45) is 0. The highest BCUT2D eigenvalue weighted by atomic mass is 16.3. The van der Waals surface area contributed by atoms with E-state index >= 15 is 0 Å². The highest BCUT2D eigenvalue weighted by Gasteiger charge is 2.46. The Bertz CT molecular complexity index is 3570. The van der Waals surface area contributed by atoms with E-state index in [1.165, 1.54) is 55.6 Å². The molecule has 0 amide bonds. The van der Waals surface area contributed by atoms with E-state index in [2.05, 4.69) is 268 Å². The molecule has 0 aliphatic heterocycles. The zero-order valence-electron chi connectivity index (χ0n) is 37.9. The molecule has 67 heavy (non-hydrogen) atoms. The zero-order chi connectivity index (χ0) is 45.1. The van der Waals surface area contributed by atoms with Gasteiger partial charge in [-0.2, -0.15) is 0 Å². The Labute approximate surface area is 393 Å². The van der Waals surface area contributed by atoms with E-state index in [0.717, 1.165) is 55.7 Å². The Morgan fingerprint density at radius 1 is 0.373 bits per heavy atom. The van der Waals surface area contributed by atoms with Crippen LogP contribution in [-0.2, 0) is 10.8 Å². The molecule has 0 radical (unpaired) electrons. The van der Waals surface area contributed by atoms with Gasteiger partial charge < -0.3 is 9.32 Å². The van der Waals surface area contributed by atoms with Crippen molar-refractivity contribution in [3.05, 3.63) is 270 Å². The molecule has 1 aromatic heterocycles. The number of hydrogen-bond acceptors (Lipinski definition) is 2. The highest BCUT2D eigenvalue weighted by Crippen LogP contribution is 2.57. The number of hydrogen-bond donors (Lipinski definition) is 0. The molecule has 0 unspecified atom stereocenters. The molecule has 10 aromatic carbocycles. The van der Waals surface area contributed by atoms with Gasteiger partial charge in [-0.25, -0.2) is 0 Å². The van der Waals surface area contributed by atoms with Crippen LogP contribution in [0.3, 0.4) is 0 Å². The molecule has 0 saturated carbocycles. The summed E-state index contributed by atoms with van der Waals surface area (Å²) in [6, 6.07) is 89.0. The van der Waals surface area contributed by atoms with Crippen LogP contribution in [0.5, 0.6) is 0 Å². The van der Waals surface area contributed by atoms with Gasteiger partial charge in [-0.15, -0.1) is 0 Å². The van der Waals surface area contributed by atoms with Crippen LogP contribution in [0.2, 0.25) is 0 Å². The zero-order valence-corrected chi connectivity index (χ0v) is 37.9. The van der Waals surface area contributed by atoms with E-state index in [0.29, 0.717) is 0 Å². The molecule has 0 saturated heterocycles. The smallest absolute Gasteiger partial charge is 0.137 e. The third kappa shape index (κ3) is 6.71. The maximum absolute atomic E-state index is 6.74. The number of nitrogens with zero attached hydrogens (tertiary/aromatic N) is 1. The topological polar surface area (TPSA) is 16.4 Å². The van der Waals surface area contributed by atoms with Gasteiger partial charge in [-0.05, 0) is 121 Å². The maximum Gasteiger partial charge on any atom is 0.137 e. The number of para-hydroxylation sites is 1.